The number of carboxylic acids is 2. The first-order valence-electron chi connectivity index (χ1n) is 7.68. The Bertz CT molecular complexity index is 1020. The van der Waals surface area contributed by atoms with Gasteiger partial charge < -0.3 is 41.7 Å². The number of carbonyl (C=O) groups excluding carboxylic acids is 2. The first-order chi connectivity index (χ1) is 12.6. The molecule has 2 heterocycles. The van der Waals surface area contributed by atoms with Crippen LogP contribution in [0.4, 0.5) is 0 Å². The second kappa shape index (κ2) is 14.5. The van der Waals surface area contributed by atoms with Gasteiger partial charge in [-0.3, -0.25) is 9.97 Å². The maximum atomic E-state index is 10.6. The minimum atomic E-state index is -1.24. The van der Waals surface area contributed by atoms with Gasteiger partial charge in [-0.25, -0.2) is 0 Å². The number of hydrogen-bond donors (Lipinski definition) is 0. The largest absolute Gasteiger partial charge is 2.00 e. The molecule has 0 amide bonds. The molecule has 0 spiro atoms. The zero-order valence-electron chi connectivity index (χ0n) is 15.9. The summed E-state index contributed by atoms with van der Waals surface area (Å²) in [7, 11) is 0. The van der Waals surface area contributed by atoms with E-state index >= 15 is 0 Å². The number of nitrogens with zero attached hydrogens (tertiary/aromatic N) is 2. The standard InChI is InChI=1S/2C10H7NO2.Co.4H2O/c2*12-10(13)9-8-4-2-1-3-7(8)5-6-11-9;;;;;/h2*1-6H,(H,12,13);;4*1H2/q;;+2;;;;. The second-order valence-electron chi connectivity index (χ2n) is 5.34. The SMILES string of the molecule is O.O.O=C([O-])c1nccc2ccccc12.O=C([O-])c1nccc2ccccc12.[Co+2].[OH3+].[OH3+]. The van der Waals surface area contributed by atoms with Crippen molar-refractivity contribution in [3.05, 3.63) is 84.4 Å². The molecule has 0 bridgehead atoms. The summed E-state index contributed by atoms with van der Waals surface area (Å²) in [6.07, 6.45) is 2.93. The number of aromatic carboxylic acids is 2. The van der Waals surface area contributed by atoms with Crippen molar-refractivity contribution < 1.29 is 58.5 Å². The molecule has 4 aromatic rings. The molecule has 2 aromatic heterocycles. The number of aromatic nitrogens is 2. The maximum Gasteiger partial charge on any atom is 2.00 e. The predicted molar refractivity (Wildman–Crippen MR) is 109 cm³/mol. The van der Waals surface area contributed by atoms with Gasteiger partial charge in [0.2, 0.25) is 0 Å². The third-order valence-corrected chi connectivity index (χ3v) is 3.73. The van der Waals surface area contributed by atoms with Crippen molar-refractivity contribution in [2.24, 2.45) is 0 Å². The Balaban J connectivity index is -0.000000436. The van der Waals surface area contributed by atoms with Crippen LogP contribution in [0.5, 0.6) is 0 Å². The van der Waals surface area contributed by atoms with E-state index in [1.165, 1.54) is 12.4 Å². The van der Waals surface area contributed by atoms with Crippen LogP contribution in [0.25, 0.3) is 21.5 Å². The van der Waals surface area contributed by atoms with Gasteiger partial charge in [-0.1, -0.05) is 48.5 Å². The van der Waals surface area contributed by atoms with Crippen LogP contribution in [0.15, 0.2) is 73.1 Å². The molecule has 0 aliphatic rings. The molecular formula is C20H22CoN2O8+2. The van der Waals surface area contributed by atoms with Gasteiger partial charge in [0.1, 0.15) is 0 Å². The summed E-state index contributed by atoms with van der Waals surface area (Å²) in [5.41, 5.74) is -0.00352. The molecule has 167 valence electrons. The summed E-state index contributed by atoms with van der Waals surface area (Å²) in [6, 6.07) is 17.9. The topological polar surface area (TPSA) is 235 Å². The van der Waals surface area contributed by atoms with E-state index in [0.29, 0.717) is 10.8 Å². The molecule has 2 aromatic carbocycles. The molecule has 1 radical (unpaired) electrons. The normalized spacial score (nSPS) is 8.52. The number of fused-ring (bicyclic) bond motifs is 2. The molecule has 0 saturated heterocycles. The fourth-order valence-corrected chi connectivity index (χ4v) is 2.56. The molecule has 10 N–H and O–H groups in total. The Labute approximate surface area is 186 Å². The van der Waals surface area contributed by atoms with Crippen molar-refractivity contribution in [2.45, 2.75) is 0 Å². The van der Waals surface area contributed by atoms with Crippen LogP contribution in [0.1, 0.15) is 21.0 Å². The van der Waals surface area contributed by atoms with E-state index in [2.05, 4.69) is 9.97 Å². The van der Waals surface area contributed by atoms with Gasteiger partial charge in [-0.05, 0) is 22.9 Å². The Morgan fingerprint density at radius 2 is 0.935 bits per heavy atom. The molecule has 0 unspecified atom stereocenters. The molecule has 4 rings (SSSR count). The smallest absolute Gasteiger partial charge is 0.543 e. The molecule has 0 atom stereocenters. The van der Waals surface area contributed by atoms with Gasteiger partial charge in [0.25, 0.3) is 0 Å². The van der Waals surface area contributed by atoms with Crippen LogP contribution < -0.4 is 10.2 Å². The number of pyridine rings is 2. The van der Waals surface area contributed by atoms with Crippen LogP contribution in [0.3, 0.4) is 0 Å². The zero-order chi connectivity index (χ0) is 18.5. The first kappa shape index (κ1) is 32.2. The van der Waals surface area contributed by atoms with E-state index in [1.807, 2.05) is 24.3 Å². The van der Waals surface area contributed by atoms with E-state index in [9.17, 15) is 19.8 Å². The van der Waals surface area contributed by atoms with E-state index in [1.54, 1.807) is 36.4 Å². The average Bonchev–Trinajstić information content (AvgIpc) is 2.67. The summed E-state index contributed by atoms with van der Waals surface area (Å²) in [6.45, 7) is 0. The van der Waals surface area contributed by atoms with E-state index in [4.69, 9.17) is 0 Å². The van der Waals surface area contributed by atoms with Crippen molar-refractivity contribution in [3.8, 4) is 0 Å². The number of hydrogen-bond acceptors (Lipinski definition) is 6. The quantitative estimate of drug-likeness (QED) is 0.288. The van der Waals surface area contributed by atoms with Crippen LogP contribution in [-0.4, -0.2) is 32.9 Å². The molecule has 11 heteroatoms. The van der Waals surface area contributed by atoms with E-state index < -0.39 is 11.9 Å². The summed E-state index contributed by atoms with van der Waals surface area (Å²) in [5, 5.41) is 24.2. The molecule has 0 fully saturated rings. The third-order valence-electron chi connectivity index (χ3n) is 3.73. The van der Waals surface area contributed by atoms with Crippen molar-refractivity contribution in [3.63, 3.8) is 0 Å². The fraction of sp³-hybridized carbons (Fsp3) is 0. The molecule has 31 heavy (non-hydrogen) atoms. The van der Waals surface area contributed by atoms with Gasteiger partial charge in [0.15, 0.2) is 0 Å². The Hall–Kier alpha value is -3.45. The average molecular weight is 477 g/mol. The third kappa shape index (κ3) is 7.38. The Morgan fingerprint density at radius 1 is 0.613 bits per heavy atom. The predicted octanol–water partition coefficient (Wildman–Crippen LogP) is -2.30. The summed E-state index contributed by atoms with van der Waals surface area (Å²) >= 11 is 0. The molecule has 0 aliphatic carbocycles. The molecule has 0 saturated carbocycles. The monoisotopic (exact) mass is 477 g/mol. The Morgan fingerprint density at radius 3 is 1.26 bits per heavy atom. The molecular weight excluding hydrogens is 455 g/mol. The van der Waals surface area contributed by atoms with Crippen LogP contribution >= 0.6 is 0 Å². The van der Waals surface area contributed by atoms with Gasteiger partial charge in [0, 0.05) is 23.2 Å². The molecule has 0 aliphatic heterocycles. The van der Waals surface area contributed by atoms with Crippen molar-refractivity contribution in [1.29, 1.82) is 0 Å². The number of carboxylic acid groups (broad SMARTS) is 2. The Kier molecular flexibility index (Phi) is 15.1. The number of carbonyl (C=O) groups is 2. The van der Waals surface area contributed by atoms with Gasteiger partial charge in [-0.2, -0.15) is 0 Å². The summed E-state index contributed by atoms with van der Waals surface area (Å²) in [5.74, 6) is -2.48. The van der Waals surface area contributed by atoms with E-state index in [-0.39, 0.29) is 50.1 Å². The van der Waals surface area contributed by atoms with Crippen molar-refractivity contribution in [1.82, 2.24) is 9.97 Å². The fourth-order valence-electron chi connectivity index (χ4n) is 2.56. The van der Waals surface area contributed by atoms with Crippen LogP contribution in [0, 0.1) is 0 Å². The van der Waals surface area contributed by atoms with Gasteiger partial charge >= 0.3 is 16.8 Å². The zero-order valence-corrected chi connectivity index (χ0v) is 17.0. The van der Waals surface area contributed by atoms with Crippen molar-refractivity contribution in [2.75, 3.05) is 0 Å². The number of rotatable bonds is 2. The number of benzene rings is 2. The molecule has 10 nitrogen and oxygen atoms in total. The first-order valence-corrected chi connectivity index (χ1v) is 7.68. The van der Waals surface area contributed by atoms with Crippen LogP contribution in [-0.2, 0) is 27.7 Å². The van der Waals surface area contributed by atoms with E-state index in [0.717, 1.165) is 10.8 Å². The van der Waals surface area contributed by atoms with Gasteiger partial charge in [0.05, 0.1) is 23.3 Å². The van der Waals surface area contributed by atoms with Gasteiger partial charge in [-0.15, -0.1) is 0 Å². The summed E-state index contributed by atoms with van der Waals surface area (Å²) in [4.78, 5) is 28.8. The summed E-state index contributed by atoms with van der Waals surface area (Å²) < 4.78 is 0. The minimum Gasteiger partial charge on any atom is -0.543 e. The second-order valence-corrected chi connectivity index (χ2v) is 5.34. The van der Waals surface area contributed by atoms with Crippen molar-refractivity contribution >= 4 is 33.5 Å². The minimum absolute atomic E-state index is 0. The van der Waals surface area contributed by atoms with Crippen LogP contribution in [0.2, 0.25) is 0 Å². The maximum absolute atomic E-state index is 10.6.